The number of hydrogen-bond acceptors (Lipinski definition) is 6. The first kappa shape index (κ1) is 23.5. The van der Waals surface area contributed by atoms with Crippen molar-refractivity contribution in [2.75, 3.05) is 32.0 Å². The van der Waals surface area contributed by atoms with E-state index in [1.54, 1.807) is 6.07 Å². The number of nitrogens with two attached hydrogens (primary N) is 1. The van der Waals surface area contributed by atoms with Gasteiger partial charge in [-0.25, -0.2) is 9.59 Å². The van der Waals surface area contributed by atoms with Gasteiger partial charge < -0.3 is 26.0 Å². The van der Waals surface area contributed by atoms with E-state index in [1.165, 1.54) is 6.42 Å². The number of likely N-dealkylation sites (N-methyl/N-ethyl adjacent to an activating group) is 1. The molecular formula is C20H26ClN3O6. The van der Waals surface area contributed by atoms with Crippen LogP contribution in [0.1, 0.15) is 35.7 Å². The van der Waals surface area contributed by atoms with E-state index in [0.717, 1.165) is 25.1 Å². The highest BCUT2D eigenvalue weighted by Gasteiger charge is 2.27. The summed E-state index contributed by atoms with van der Waals surface area (Å²) in [5.74, 6) is -2.05. The molecule has 10 heteroatoms. The number of likely N-dealkylation sites (tertiary alicyclic amines) is 1. The fraction of sp³-hybridized carbons (Fsp3) is 0.450. The molecule has 1 saturated heterocycles. The molecule has 30 heavy (non-hydrogen) atoms. The van der Waals surface area contributed by atoms with E-state index in [9.17, 15) is 14.4 Å². The average Bonchev–Trinajstić information content (AvgIpc) is 3.37. The topological polar surface area (TPSA) is 142 Å². The lowest BCUT2D eigenvalue weighted by Gasteiger charge is -2.23. The van der Waals surface area contributed by atoms with Crippen LogP contribution in [0.5, 0.6) is 5.75 Å². The molecule has 0 aromatic heterocycles. The fourth-order valence-electron chi connectivity index (χ4n) is 3.53. The number of nitrogens with zero attached hydrogens (tertiary/aromatic N) is 1. The minimum Gasteiger partial charge on any atom is -0.492 e. The molecule has 1 aromatic rings. The Labute approximate surface area is 179 Å². The van der Waals surface area contributed by atoms with Crippen LogP contribution in [0.25, 0.3) is 0 Å². The lowest BCUT2D eigenvalue weighted by Crippen LogP contribution is -2.40. The molecule has 2 aliphatic rings. The highest BCUT2D eigenvalue weighted by Crippen LogP contribution is 2.38. The second-order valence-electron chi connectivity index (χ2n) is 6.87. The molecule has 0 bridgehead atoms. The number of amides is 1. The number of benzene rings is 1. The third-order valence-corrected chi connectivity index (χ3v) is 5.30. The molecule has 3 rings (SSSR count). The van der Waals surface area contributed by atoms with Crippen LogP contribution in [-0.4, -0.2) is 65.2 Å². The maximum absolute atomic E-state index is 12.5. The number of hydrogen-bond donors (Lipinski definition) is 4. The monoisotopic (exact) mass is 439 g/mol. The number of halogens is 1. The summed E-state index contributed by atoms with van der Waals surface area (Å²) in [5.41, 5.74) is 7.84. The van der Waals surface area contributed by atoms with Crippen molar-refractivity contribution in [3.63, 3.8) is 0 Å². The molecule has 1 atom stereocenters. The molecule has 1 amide bonds. The van der Waals surface area contributed by atoms with Gasteiger partial charge in [-0.3, -0.25) is 9.69 Å². The third-order valence-electron chi connectivity index (χ3n) is 4.99. The Morgan fingerprint density at radius 3 is 2.60 bits per heavy atom. The number of aliphatic carboxylic acids is 2. The maximum Gasteiger partial charge on any atom is 0.328 e. The van der Waals surface area contributed by atoms with Crippen LogP contribution in [-0.2, 0) is 16.0 Å². The Kier molecular flexibility index (Phi) is 8.49. The molecular weight excluding hydrogens is 414 g/mol. The number of carbonyl (C=O) groups excluding carboxylic acids is 1. The number of nitrogen functional groups attached to an aromatic ring is 1. The van der Waals surface area contributed by atoms with Crippen LogP contribution >= 0.6 is 11.6 Å². The van der Waals surface area contributed by atoms with Gasteiger partial charge in [-0.05, 0) is 32.0 Å². The number of nitrogens with one attached hydrogen (secondary N) is 1. The van der Waals surface area contributed by atoms with Gasteiger partial charge in [0.1, 0.15) is 5.75 Å². The van der Waals surface area contributed by atoms with Crippen LogP contribution in [0.15, 0.2) is 18.2 Å². The SMILES string of the molecule is CCN1CCCC1CNC(=O)c1cc(Cl)c(N)c2c1OCC2.O=C(O)/C=C/C(=O)O. The number of carboxylic acids is 2. The first-order valence-corrected chi connectivity index (χ1v) is 10.0. The van der Waals surface area contributed by atoms with Gasteiger partial charge in [0.2, 0.25) is 0 Å². The normalized spacial score (nSPS) is 17.7. The van der Waals surface area contributed by atoms with Gasteiger partial charge in [-0.1, -0.05) is 18.5 Å². The minimum absolute atomic E-state index is 0.136. The summed E-state index contributed by atoms with van der Waals surface area (Å²) in [5, 5.41) is 19.1. The van der Waals surface area contributed by atoms with Crippen molar-refractivity contribution in [1.82, 2.24) is 10.2 Å². The molecule has 0 spiro atoms. The Morgan fingerprint density at radius 1 is 1.33 bits per heavy atom. The molecule has 2 aliphatic heterocycles. The molecule has 164 valence electrons. The number of carboxylic acid groups (broad SMARTS) is 2. The van der Waals surface area contributed by atoms with Crippen molar-refractivity contribution in [1.29, 1.82) is 0 Å². The van der Waals surface area contributed by atoms with Gasteiger partial charge in [0.05, 0.1) is 22.9 Å². The summed E-state index contributed by atoms with van der Waals surface area (Å²) in [7, 11) is 0. The Balaban J connectivity index is 0.000000343. The Hall–Kier alpha value is -2.78. The summed E-state index contributed by atoms with van der Waals surface area (Å²) in [4.78, 5) is 34.0. The van der Waals surface area contributed by atoms with Gasteiger partial charge in [0.25, 0.3) is 5.91 Å². The van der Waals surface area contributed by atoms with Crippen LogP contribution in [0.3, 0.4) is 0 Å². The van der Waals surface area contributed by atoms with Crippen molar-refractivity contribution in [3.05, 3.63) is 34.4 Å². The number of ether oxygens (including phenoxy) is 1. The second kappa shape index (κ2) is 10.8. The van der Waals surface area contributed by atoms with Gasteiger partial charge in [0, 0.05) is 36.7 Å². The van der Waals surface area contributed by atoms with Gasteiger partial charge in [-0.2, -0.15) is 0 Å². The molecule has 0 saturated carbocycles. The Morgan fingerprint density at radius 2 is 2.00 bits per heavy atom. The summed E-state index contributed by atoms with van der Waals surface area (Å²) in [6.45, 7) is 5.49. The van der Waals surface area contributed by atoms with Crippen molar-refractivity contribution in [2.24, 2.45) is 0 Å². The van der Waals surface area contributed by atoms with E-state index in [2.05, 4.69) is 17.1 Å². The number of carbonyl (C=O) groups is 3. The fourth-order valence-corrected chi connectivity index (χ4v) is 3.75. The number of fused-ring (bicyclic) bond motifs is 1. The summed E-state index contributed by atoms with van der Waals surface area (Å²) in [6.07, 6.45) is 4.14. The smallest absolute Gasteiger partial charge is 0.328 e. The first-order chi connectivity index (χ1) is 14.2. The van der Waals surface area contributed by atoms with E-state index in [-0.39, 0.29) is 5.91 Å². The van der Waals surface area contributed by atoms with Crippen LogP contribution in [0, 0.1) is 0 Å². The van der Waals surface area contributed by atoms with Crippen LogP contribution in [0.2, 0.25) is 5.02 Å². The molecule has 5 N–H and O–H groups in total. The highest BCUT2D eigenvalue weighted by atomic mass is 35.5. The van der Waals surface area contributed by atoms with E-state index in [4.69, 9.17) is 32.3 Å². The second-order valence-corrected chi connectivity index (χ2v) is 7.28. The number of rotatable bonds is 6. The highest BCUT2D eigenvalue weighted by molar-refractivity contribution is 6.33. The van der Waals surface area contributed by atoms with Crippen LogP contribution < -0.4 is 15.8 Å². The van der Waals surface area contributed by atoms with Gasteiger partial charge in [-0.15, -0.1) is 0 Å². The molecule has 1 aromatic carbocycles. The lowest BCUT2D eigenvalue weighted by atomic mass is 10.0. The summed E-state index contributed by atoms with van der Waals surface area (Å²) >= 11 is 6.15. The standard InChI is InChI=1S/C16H22ClN3O2.C4H4O4/c1-2-20-6-3-4-10(20)9-19-16(21)12-8-13(17)14(18)11-5-7-22-15(11)12;5-3(6)1-2-4(7)8/h8,10H,2-7,9,18H2,1H3,(H,19,21);1-2H,(H,5,6)(H,7,8)/b;2-1+. The average molecular weight is 440 g/mol. The predicted octanol–water partition coefficient (Wildman–Crippen LogP) is 1.78. The van der Waals surface area contributed by atoms with Crippen molar-refractivity contribution >= 4 is 35.1 Å². The lowest BCUT2D eigenvalue weighted by molar-refractivity contribution is -0.134. The van der Waals surface area contributed by atoms with E-state index < -0.39 is 11.9 Å². The largest absolute Gasteiger partial charge is 0.492 e. The third kappa shape index (κ3) is 6.11. The van der Waals surface area contributed by atoms with Crippen molar-refractivity contribution in [2.45, 2.75) is 32.2 Å². The van der Waals surface area contributed by atoms with E-state index >= 15 is 0 Å². The zero-order valence-corrected chi connectivity index (χ0v) is 17.4. The summed E-state index contributed by atoms with van der Waals surface area (Å²) < 4.78 is 5.59. The van der Waals surface area contributed by atoms with Crippen molar-refractivity contribution < 1.29 is 29.3 Å². The van der Waals surface area contributed by atoms with Gasteiger partial charge >= 0.3 is 11.9 Å². The Bertz CT molecular complexity index is 826. The first-order valence-electron chi connectivity index (χ1n) is 9.64. The predicted molar refractivity (Wildman–Crippen MR) is 112 cm³/mol. The quantitative estimate of drug-likeness (QED) is 0.388. The summed E-state index contributed by atoms with van der Waals surface area (Å²) in [6, 6.07) is 2.04. The van der Waals surface area contributed by atoms with E-state index in [1.807, 2.05) is 0 Å². The van der Waals surface area contributed by atoms with Gasteiger partial charge in [0.15, 0.2) is 0 Å². The molecule has 2 heterocycles. The number of anilines is 1. The van der Waals surface area contributed by atoms with Crippen LogP contribution in [0.4, 0.5) is 5.69 Å². The zero-order chi connectivity index (χ0) is 22.3. The minimum atomic E-state index is -1.26. The van der Waals surface area contributed by atoms with Crippen molar-refractivity contribution in [3.8, 4) is 5.75 Å². The molecule has 0 aliphatic carbocycles. The molecule has 0 radical (unpaired) electrons. The zero-order valence-electron chi connectivity index (χ0n) is 16.7. The molecule has 1 unspecified atom stereocenters. The molecule has 9 nitrogen and oxygen atoms in total. The van der Waals surface area contributed by atoms with E-state index in [0.29, 0.717) is 59.8 Å². The maximum atomic E-state index is 12.5. The molecule has 1 fully saturated rings.